The summed E-state index contributed by atoms with van der Waals surface area (Å²) in [5.41, 5.74) is 0.471. The van der Waals surface area contributed by atoms with Crippen LogP contribution in [0.4, 0.5) is 9.18 Å². The fourth-order valence-electron chi connectivity index (χ4n) is 4.96. The van der Waals surface area contributed by atoms with Gasteiger partial charge in [0.05, 0.1) is 28.7 Å². The number of ether oxygens (including phenoxy) is 1. The topological polar surface area (TPSA) is 95.6 Å². The van der Waals surface area contributed by atoms with Crippen LogP contribution in [0.5, 0.6) is 0 Å². The van der Waals surface area contributed by atoms with Gasteiger partial charge in [0.25, 0.3) is 11.5 Å². The molecule has 2 aliphatic heterocycles. The number of H-pyrrole nitrogens is 1. The molecule has 2 fully saturated rings. The number of hydrogen-bond donors (Lipinski definition) is 1. The highest BCUT2D eigenvalue weighted by molar-refractivity contribution is 5.95. The molecule has 0 radical (unpaired) electrons. The highest BCUT2D eigenvalue weighted by Crippen LogP contribution is 2.33. The third kappa shape index (κ3) is 4.38. The number of rotatable bonds is 3. The van der Waals surface area contributed by atoms with Gasteiger partial charge in [-0.25, -0.2) is 14.3 Å². The van der Waals surface area contributed by atoms with Gasteiger partial charge >= 0.3 is 6.09 Å². The van der Waals surface area contributed by atoms with Gasteiger partial charge < -0.3 is 14.5 Å². The molecule has 2 atom stereocenters. The maximum absolute atomic E-state index is 14.8. The van der Waals surface area contributed by atoms with Crippen LogP contribution in [-0.2, 0) is 11.2 Å². The van der Waals surface area contributed by atoms with E-state index in [4.69, 9.17) is 4.74 Å². The second-order valence-electron chi connectivity index (χ2n) is 10.2. The van der Waals surface area contributed by atoms with E-state index in [1.54, 1.807) is 34.1 Å². The van der Waals surface area contributed by atoms with Gasteiger partial charge in [-0.2, -0.15) is 5.10 Å². The van der Waals surface area contributed by atoms with Crippen LogP contribution in [0.3, 0.4) is 0 Å². The van der Waals surface area contributed by atoms with Gasteiger partial charge in [-0.3, -0.25) is 9.59 Å². The number of hydrogen-bond acceptors (Lipinski definition) is 5. The predicted molar refractivity (Wildman–Crippen MR) is 128 cm³/mol. The Bertz CT molecular complexity index is 1380. The van der Waals surface area contributed by atoms with E-state index in [1.165, 1.54) is 6.07 Å². The molecule has 3 heterocycles. The van der Waals surface area contributed by atoms with Crippen molar-refractivity contribution in [3.05, 3.63) is 75.5 Å². The zero-order valence-corrected chi connectivity index (χ0v) is 19.9. The molecule has 3 aromatic rings. The van der Waals surface area contributed by atoms with E-state index in [2.05, 4.69) is 10.2 Å². The molecule has 182 valence electrons. The summed E-state index contributed by atoms with van der Waals surface area (Å²) in [6.45, 7) is 6.17. The van der Waals surface area contributed by atoms with Gasteiger partial charge in [-0.05, 0) is 51.0 Å². The molecule has 8 nitrogen and oxygen atoms in total. The number of aromatic amines is 1. The number of likely N-dealkylation sites (tertiary alicyclic amines) is 2. The summed E-state index contributed by atoms with van der Waals surface area (Å²) in [5, 5.41) is 7.93. The molecule has 2 amide bonds. The van der Waals surface area contributed by atoms with E-state index in [9.17, 15) is 18.8 Å². The van der Waals surface area contributed by atoms with E-state index in [-0.39, 0.29) is 35.2 Å². The molecule has 1 aromatic heterocycles. The Morgan fingerprint density at radius 1 is 1.09 bits per heavy atom. The lowest BCUT2D eigenvalue weighted by molar-refractivity contribution is 0.0125. The maximum Gasteiger partial charge on any atom is 0.410 e. The Morgan fingerprint density at radius 2 is 1.77 bits per heavy atom. The summed E-state index contributed by atoms with van der Waals surface area (Å²) >= 11 is 0. The first kappa shape index (κ1) is 23.0. The van der Waals surface area contributed by atoms with Crippen LogP contribution in [0.15, 0.2) is 47.3 Å². The van der Waals surface area contributed by atoms with Gasteiger partial charge in [-0.1, -0.05) is 24.3 Å². The van der Waals surface area contributed by atoms with E-state index >= 15 is 0 Å². The molecular formula is C26H27FN4O4. The number of benzene rings is 2. The van der Waals surface area contributed by atoms with Crippen molar-refractivity contribution in [2.75, 3.05) is 13.1 Å². The molecule has 1 N–H and O–H groups in total. The molecule has 9 heteroatoms. The number of carbonyl (C=O) groups is 2. The highest BCUT2D eigenvalue weighted by Gasteiger charge is 2.48. The summed E-state index contributed by atoms with van der Waals surface area (Å²) in [6.07, 6.45) is 0.599. The molecule has 0 spiro atoms. The van der Waals surface area contributed by atoms with Crippen LogP contribution >= 0.6 is 0 Å². The first-order valence-electron chi connectivity index (χ1n) is 11.7. The van der Waals surface area contributed by atoms with Crippen molar-refractivity contribution < 1.29 is 18.7 Å². The van der Waals surface area contributed by atoms with Crippen LogP contribution in [0, 0.1) is 5.82 Å². The number of halogens is 1. The fourth-order valence-corrected chi connectivity index (χ4v) is 4.96. The van der Waals surface area contributed by atoms with Gasteiger partial charge in [0.15, 0.2) is 0 Å². The number of fused-ring (bicyclic) bond motifs is 3. The van der Waals surface area contributed by atoms with E-state index in [1.807, 2.05) is 32.9 Å². The zero-order chi connectivity index (χ0) is 24.9. The van der Waals surface area contributed by atoms with Crippen molar-refractivity contribution in [3.8, 4) is 0 Å². The standard InChI is InChI=1S/C26H27FN4O4/c1-26(2,3)35-25(34)31-14-16-12-17(31)13-30(16)24(33)20-10-15(8-9-21(20)27)11-22-18-6-4-5-7-19(18)23(32)29-28-22/h4-10,16-17H,11-14H2,1-3H3,(H,29,32)/t16-,17-/m0/s1. The molecule has 35 heavy (non-hydrogen) atoms. The quantitative estimate of drug-likeness (QED) is 0.622. The van der Waals surface area contributed by atoms with E-state index in [0.717, 1.165) is 0 Å². The Labute approximate surface area is 201 Å². The predicted octanol–water partition coefficient (Wildman–Crippen LogP) is 3.49. The molecule has 0 saturated carbocycles. The van der Waals surface area contributed by atoms with Crippen LogP contribution in [0.2, 0.25) is 0 Å². The highest BCUT2D eigenvalue weighted by atomic mass is 19.1. The minimum Gasteiger partial charge on any atom is -0.444 e. The monoisotopic (exact) mass is 478 g/mol. The molecule has 2 aromatic carbocycles. The molecule has 0 aliphatic carbocycles. The number of nitrogens with zero attached hydrogens (tertiary/aromatic N) is 3. The summed E-state index contributed by atoms with van der Waals surface area (Å²) in [6, 6.07) is 11.3. The van der Waals surface area contributed by atoms with E-state index < -0.39 is 11.4 Å². The second-order valence-corrected chi connectivity index (χ2v) is 10.2. The van der Waals surface area contributed by atoms with Crippen molar-refractivity contribution in [2.24, 2.45) is 0 Å². The van der Waals surface area contributed by atoms with E-state index in [0.29, 0.717) is 48.0 Å². The lowest BCUT2D eigenvalue weighted by Gasteiger charge is -2.35. The molecule has 5 rings (SSSR count). The zero-order valence-electron chi connectivity index (χ0n) is 19.9. The van der Waals surface area contributed by atoms with Crippen molar-refractivity contribution in [2.45, 2.75) is 51.3 Å². The van der Waals surface area contributed by atoms with Crippen molar-refractivity contribution in [1.29, 1.82) is 0 Å². The minimum absolute atomic E-state index is 0.00685. The van der Waals surface area contributed by atoms with Crippen molar-refractivity contribution in [1.82, 2.24) is 20.0 Å². The van der Waals surface area contributed by atoms with Gasteiger partial charge in [0.1, 0.15) is 11.4 Å². The first-order chi connectivity index (χ1) is 16.6. The molecule has 2 saturated heterocycles. The number of aromatic nitrogens is 2. The summed E-state index contributed by atoms with van der Waals surface area (Å²) in [5.74, 6) is -0.982. The number of amides is 2. The van der Waals surface area contributed by atoms with Crippen LogP contribution in [0.25, 0.3) is 10.8 Å². The van der Waals surface area contributed by atoms with Gasteiger partial charge in [0.2, 0.25) is 0 Å². The Balaban J connectivity index is 1.34. The first-order valence-corrected chi connectivity index (χ1v) is 11.7. The Hall–Kier alpha value is -3.75. The fraction of sp³-hybridized carbons (Fsp3) is 0.385. The van der Waals surface area contributed by atoms with Crippen molar-refractivity contribution in [3.63, 3.8) is 0 Å². The normalized spacial score (nSPS) is 19.4. The number of nitrogens with one attached hydrogen (secondary N) is 1. The lowest BCUT2D eigenvalue weighted by Crippen LogP contribution is -2.51. The lowest BCUT2D eigenvalue weighted by atomic mass is 10.0. The Kier molecular flexibility index (Phi) is 5.57. The smallest absolute Gasteiger partial charge is 0.410 e. The summed E-state index contributed by atoms with van der Waals surface area (Å²) in [7, 11) is 0. The summed E-state index contributed by atoms with van der Waals surface area (Å²) in [4.78, 5) is 41.2. The largest absolute Gasteiger partial charge is 0.444 e. The van der Waals surface area contributed by atoms with Crippen molar-refractivity contribution >= 4 is 22.8 Å². The summed E-state index contributed by atoms with van der Waals surface area (Å²) < 4.78 is 20.2. The van der Waals surface area contributed by atoms with Crippen LogP contribution < -0.4 is 5.56 Å². The molecule has 0 unspecified atom stereocenters. The Morgan fingerprint density at radius 3 is 2.46 bits per heavy atom. The SMILES string of the molecule is CC(C)(C)OC(=O)N1C[C@@H]2C[C@H]1CN2C(=O)c1cc(Cc2n[nH]c(=O)c3ccccc23)ccc1F. The number of piperazine rings is 1. The molecular weight excluding hydrogens is 451 g/mol. The average Bonchev–Trinajstić information content (AvgIpc) is 3.42. The maximum atomic E-state index is 14.8. The molecule has 2 aliphatic rings. The van der Waals surface area contributed by atoms with Crippen LogP contribution in [0.1, 0.15) is 48.8 Å². The van der Waals surface area contributed by atoms with Gasteiger partial charge in [-0.15, -0.1) is 0 Å². The second kappa shape index (κ2) is 8.48. The van der Waals surface area contributed by atoms with Crippen LogP contribution in [-0.4, -0.2) is 62.8 Å². The third-order valence-corrected chi connectivity index (χ3v) is 6.54. The number of carbonyl (C=O) groups excluding carboxylic acids is 2. The minimum atomic E-state index is -0.593. The third-order valence-electron chi connectivity index (χ3n) is 6.54. The van der Waals surface area contributed by atoms with Gasteiger partial charge in [0, 0.05) is 24.9 Å². The molecule has 2 bridgehead atoms. The average molecular weight is 479 g/mol.